The van der Waals surface area contributed by atoms with Crippen molar-refractivity contribution in [3.63, 3.8) is 0 Å². The van der Waals surface area contributed by atoms with Crippen molar-refractivity contribution in [1.29, 1.82) is 0 Å². The number of para-hydroxylation sites is 1. The summed E-state index contributed by atoms with van der Waals surface area (Å²) in [5.41, 5.74) is 9.69. The van der Waals surface area contributed by atoms with E-state index in [1.165, 1.54) is 0 Å². The molecule has 5 aromatic rings. The first kappa shape index (κ1) is 25.1. The normalized spacial score (nSPS) is 11.1. The van der Waals surface area contributed by atoms with Gasteiger partial charge in [0.05, 0.1) is 22.9 Å². The highest BCUT2D eigenvalue weighted by molar-refractivity contribution is 6.30. The van der Waals surface area contributed by atoms with Gasteiger partial charge >= 0.3 is 0 Å². The molecular weight excluding hydrogens is 498 g/mol. The van der Waals surface area contributed by atoms with Gasteiger partial charge in [0.1, 0.15) is 11.6 Å². The van der Waals surface area contributed by atoms with Gasteiger partial charge in [0.25, 0.3) is 0 Å². The van der Waals surface area contributed by atoms with E-state index in [4.69, 9.17) is 22.4 Å². The topological polar surface area (TPSA) is 122 Å². The highest BCUT2D eigenvalue weighted by atomic mass is 35.5. The number of anilines is 2. The number of nitrogen functional groups attached to an aromatic ring is 1. The maximum atomic E-state index is 12.1. The Labute approximate surface area is 225 Å². The van der Waals surface area contributed by atoms with Crippen LogP contribution < -0.4 is 16.6 Å². The quantitative estimate of drug-likeness (QED) is 0.147. The molecule has 0 spiro atoms. The first-order valence-electron chi connectivity index (χ1n) is 12.0. The van der Waals surface area contributed by atoms with Crippen LogP contribution in [-0.2, 0) is 4.79 Å². The molecule has 5 rings (SSSR count). The number of nitrogens with zero attached hydrogens (tertiary/aromatic N) is 3. The van der Waals surface area contributed by atoms with Crippen molar-refractivity contribution < 1.29 is 4.79 Å². The number of imidazole rings is 1. The van der Waals surface area contributed by atoms with Crippen LogP contribution in [0.15, 0.2) is 79.8 Å². The Bertz CT molecular complexity index is 1680. The van der Waals surface area contributed by atoms with Gasteiger partial charge in [0, 0.05) is 51.2 Å². The molecule has 2 aromatic carbocycles. The second kappa shape index (κ2) is 10.5. The number of hydrogen-bond acceptors (Lipinski definition) is 6. The summed E-state index contributed by atoms with van der Waals surface area (Å²) < 4.78 is 0. The van der Waals surface area contributed by atoms with E-state index in [0.717, 1.165) is 33.3 Å². The van der Waals surface area contributed by atoms with E-state index in [2.05, 4.69) is 32.3 Å². The number of H-pyrrole nitrogens is 1. The highest BCUT2D eigenvalue weighted by Gasteiger charge is 2.17. The van der Waals surface area contributed by atoms with Gasteiger partial charge < -0.3 is 15.7 Å². The first-order chi connectivity index (χ1) is 18.3. The number of aromatic nitrogens is 4. The number of amides is 1. The van der Waals surface area contributed by atoms with E-state index in [1.54, 1.807) is 18.6 Å². The maximum Gasteiger partial charge on any atom is 0.226 e. The molecule has 1 amide bonds. The number of hydrazine groups is 1. The molecule has 0 aliphatic carbocycles. The number of hydrogen-bond donors (Lipinski definition) is 4. The molecule has 38 heavy (non-hydrogen) atoms. The SMILES string of the molecule is C=C(c1nc2c(-c3cccc(Cl)c3)cccc2[nH]1)c1cc(-c2cncc(NC(=O)C(C)C)c2)cnc1NN. The van der Waals surface area contributed by atoms with Crippen molar-refractivity contribution in [2.75, 3.05) is 10.7 Å². The van der Waals surface area contributed by atoms with Gasteiger partial charge in [-0.25, -0.2) is 15.8 Å². The second-order valence-corrected chi connectivity index (χ2v) is 9.58. The Morgan fingerprint density at radius 3 is 2.58 bits per heavy atom. The third-order valence-corrected chi connectivity index (χ3v) is 6.38. The third kappa shape index (κ3) is 5.00. The molecule has 0 saturated heterocycles. The van der Waals surface area contributed by atoms with Crippen LogP contribution in [0.25, 0.3) is 38.9 Å². The first-order valence-corrected chi connectivity index (χ1v) is 12.4. The molecule has 3 heterocycles. The Morgan fingerprint density at radius 1 is 1.03 bits per heavy atom. The zero-order chi connectivity index (χ0) is 26.8. The molecule has 0 fully saturated rings. The van der Waals surface area contributed by atoms with Crippen LogP contribution in [0.3, 0.4) is 0 Å². The molecule has 0 unspecified atom stereocenters. The molecule has 190 valence electrons. The molecular formula is C29H26ClN7O. The van der Waals surface area contributed by atoms with E-state index in [0.29, 0.717) is 33.5 Å². The average Bonchev–Trinajstić information content (AvgIpc) is 3.37. The van der Waals surface area contributed by atoms with Crippen LogP contribution in [0, 0.1) is 5.92 Å². The summed E-state index contributed by atoms with van der Waals surface area (Å²) in [7, 11) is 0. The van der Waals surface area contributed by atoms with Crippen molar-refractivity contribution in [2.24, 2.45) is 11.8 Å². The molecule has 0 radical (unpaired) electrons. The number of nitrogens with two attached hydrogens (primary N) is 1. The van der Waals surface area contributed by atoms with Crippen molar-refractivity contribution in [2.45, 2.75) is 13.8 Å². The summed E-state index contributed by atoms with van der Waals surface area (Å²) in [4.78, 5) is 29.2. The minimum absolute atomic E-state index is 0.0825. The smallest absolute Gasteiger partial charge is 0.226 e. The van der Waals surface area contributed by atoms with Gasteiger partial charge in [-0.3, -0.25) is 9.78 Å². The number of fused-ring (bicyclic) bond motifs is 1. The summed E-state index contributed by atoms with van der Waals surface area (Å²) in [5.74, 6) is 6.60. The van der Waals surface area contributed by atoms with Crippen LogP contribution in [0.1, 0.15) is 25.2 Å². The Balaban J connectivity index is 1.53. The molecule has 0 atom stereocenters. The van der Waals surface area contributed by atoms with Crippen LogP contribution in [0.5, 0.6) is 0 Å². The number of aromatic amines is 1. The van der Waals surface area contributed by atoms with Crippen molar-refractivity contribution in [3.05, 3.63) is 96.2 Å². The second-order valence-electron chi connectivity index (χ2n) is 9.15. The highest BCUT2D eigenvalue weighted by Crippen LogP contribution is 2.34. The largest absolute Gasteiger partial charge is 0.338 e. The number of benzene rings is 2. The molecule has 9 heteroatoms. The molecule has 0 saturated carbocycles. The predicted octanol–water partition coefficient (Wildman–Crippen LogP) is 6.28. The lowest BCUT2D eigenvalue weighted by Crippen LogP contribution is -2.17. The molecule has 0 bridgehead atoms. The minimum atomic E-state index is -0.145. The number of carbonyl (C=O) groups excluding carboxylic acids is 1. The standard InChI is InChI=1S/C29H26ClN7O/c1-16(2)29(38)34-22-11-19(13-32-15-22)20-12-24(28(37-31)33-14-20)17(3)27-35-25-9-5-8-23(26(25)36-27)18-6-4-7-21(30)10-18/h4-16H,3,31H2,1-2H3,(H,33,37)(H,34,38)(H,35,36). The Hall–Kier alpha value is -4.53. The van der Waals surface area contributed by atoms with Gasteiger partial charge in [-0.15, -0.1) is 0 Å². The average molecular weight is 524 g/mol. The van der Waals surface area contributed by atoms with Gasteiger partial charge in [-0.1, -0.05) is 56.3 Å². The van der Waals surface area contributed by atoms with Crippen LogP contribution in [0.2, 0.25) is 5.02 Å². The summed E-state index contributed by atoms with van der Waals surface area (Å²) in [6.07, 6.45) is 5.01. The fourth-order valence-corrected chi connectivity index (χ4v) is 4.30. The number of nitrogens with one attached hydrogen (secondary N) is 3. The lowest BCUT2D eigenvalue weighted by Gasteiger charge is -2.12. The zero-order valence-corrected chi connectivity index (χ0v) is 21.7. The fraction of sp³-hybridized carbons (Fsp3) is 0.103. The zero-order valence-electron chi connectivity index (χ0n) is 20.9. The Morgan fingerprint density at radius 2 is 1.82 bits per heavy atom. The molecule has 5 N–H and O–H groups in total. The van der Waals surface area contributed by atoms with Gasteiger partial charge in [0.15, 0.2) is 0 Å². The maximum absolute atomic E-state index is 12.1. The third-order valence-electron chi connectivity index (χ3n) is 6.15. The van der Waals surface area contributed by atoms with E-state index in [9.17, 15) is 4.79 Å². The summed E-state index contributed by atoms with van der Waals surface area (Å²) in [5, 5.41) is 3.54. The minimum Gasteiger partial charge on any atom is -0.338 e. The van der Waals surface area contributed by atoms with E-state index >= 15 is 0 Å². The summed E-state index contributed by atoms with van der Waals surface area (Å²) in [6, 6.07) is 17.4. The lowest BCUT2D eigenvalue weighted by atomic mass is 10.0. The molecule has 0 aliphatic rings. The number of halogens is 1. The van der Waals surface area contributed by atoms with E-state index in [1.807, 2.05) is 68.4 Å². The monoisotopic (exact) mass is 523 g/mol. The number of carbonyl (C=O) groups is 1. The molecule has 8 nitrogen and oxygen atoms in total. The number of rotatable bonds is 7. The molecule has 3 aromatic heterocycles. The van der Waals surface area contributed by atoms with Gasteiger partial charge in [-0.05, 0) is 35.9 Å². The van der Waals surface area contributed by atoms with Gasteiger partial charge in [-0.2, -0.15) is 0 Å². The van der Waals surface area contributed by atoms with Crippen LogP contribution in [-0.4, -0.2) is 25.8 Å². The Kier molecular flexibility index (Phi) is 6.91. The van der Waals surface area contributed by atoms with Gasteiger partial charge in [0.2, 0.25) is 5.91 Å². The van der Waals surface area contributed by atoms with Crippen LogP contribution >= 0.6 is 11.6 Å². The molecule has 0 aliphatic heterocycles. The number of pyridine rings is 2. The van der Waals surface area contributed by atoms with E-state index < -0.39 is 0 Å². The fourth-order valence-electron chi connectivity index (χ4n) is 4.11. The lowest BCUT2D eigenvalue weighted by molar-refractivity contribution is -0.118. The van der Waals surface area contributed by atoms with Crippen LogP contribution in [0.4, 0.5) is 11.5 Å². The summed E-state index contributed by atoms with van der Waals surface area (Å²) in [6.45, 7) is 7.98. The summed E-state index contributed by atoms with van der Waals surface area (Å²) >= 11 is 6.24. The van der Waals surface area contributed by atoms with Crippen molar-refractivity contribution in [1.82, 2.24) is 19.9 Å². The van der Waals surface area contributed by atoms with Crippen molar-refractivity contribution >= 4 is 45.6 Å². The van der Waals surface area contributed by atoms with Crippen molar-refractivity contribution in [3.8, 4) is 22.3 Å². The van der Waals surface area contributed by atoms with E-state index in [-0.39, 0.29) is 11.8 Å². The predicted molar refractivity (Wildman–Crippen MR) is 153 cm³/mol.